The number of nitrogens with zero attached hydrogens (tertiary/aromatic N) is 4. The van der Waals surface area contributed by atoms with Gasteiger partial charge in [-0.3, -0.25) is 4.79 Å². The zero-order valence-corrected chi connectivity index (χ0v) is 15.4. The highest BCUT2D eigenvalue weighted by atomic mass is 16.5. The maximum Gasteiger partial charge on any atom is 0.310 e. The molecule has 0 radical (unpaired) electrons. The van der Waals surface area contributed by atoms with E-state index in [2.05, 4.69) is 9.97 Å². The Kier molecular flexibility index (Phi) is 5.80. The molecule has 0 amide bonds. The molecule has 0 unspecified atom stereocenters. The number of esters is 1. The summed E-state index contributed by atoms with van der Waals surface area (Å²) < 4.78 is 4.82. The number of nitrogen functional groups attached to an aromatic ring is 1. The molecular weight excluding hydrogens is 319 g/mol. The van der Waals surface area contributed by atoms with Crippen LogP contribution in [0.2, 0.25) is 0 Å². The van der Waals surface area contributed by atoms with E-state index >= 15 is 0 Å². The first-order valence-electron chi connectivity index (χ1n) is 7.97. The Balaban J connectivity index is 2.48. The highest BCUT2D eigenvalue weighted by molar-refractivity contribution is 5.77. The molecule has 0 aliphatic rings. The zero-order chi connectivity index (χ0) is 18.6. The maximum absolute atomic E-state index is 11.8. The number of carbonyl (C=O) groups excluding carboxylic acids is 1. The number of anilines is 3. The van der Waals surface area contributed by atoms with Gasteiger partial charge in [-0.2, -0.15) is 0 Å². The monoisotopic (exact) mass is 344 g/mol. The minimum Gasteiger partial charge on any atom is -0.469 e. The van der Waals surface area contributed by atoms with Crippen LogP contribution in [0, 0.1) is 0 Å². The van der Waals surface area contributed by atoms with Gasteiger partial charge in [-0.15, -0.1) is 0 Å². The fourth-order valence-corrected chi connectivity index (χ4v) is 2.52. The van der Waals surface area contributed by atoms with Crippen molar-refractivity contribution >= 4 is 23.3 Å². The van der Waals surface area contributed by atoms with E-state index in [9.17, 15) is 4.79 Å². The molecule has 0 atom stereocenters. The number of rotatable bonds is 6. The number of nitrogens with two attached hydrogens (primary N) is 1. The Bertz CT molecular complexity index is 713. The predicted molar refractivity (Wildman–Crippen MR) is 100 cm³/mol. The third kappa shape index (κ3) is 4.59. The maximum atomic E-state index is 11.8. The molecule has 0 fully saturated rings. The molecular formula is C18H25N5O2. The normalized spacial score (nSPS) is 10.4. The van der Waals surface area contributed by atoms with Crippen molar-refractivity contribution in [3.05, 3.63) is 41.2 Å². The van der Waals surface area contributed by atoms with Crippen LogP contribution in [0.1, 0.15) is 17.0 Å². The van der Waals surface area contributed by atoms with E-state index in [0.717, 1.165) is 28.5 Å². The summed E-state index contributed by atoms with van der Waals surface area (Å²) in [6.07, 6.45) is 0.708. The van der Waals surface area contributed by atoms with Gasteiger partial charge in [0.15, 0.2) is 0 Å². The van der Waals surface area contributed by atoms with Crippen LogP contribution in [0.15, 0.2) is 24.3 Å². The first-order chi connectivity index (χ1) is 11.8. The molecule has 1 aromatic heterocycles. The Morgan fingerprint density at radius 2 is 1.56 bits per heavy atom. The summed E-state index contributed by atoms with van der Waals surface area (Å²) in [5, 5.41) is 0. The largest absolute Gasteiger partial charge is 0.469 e. The Morgan fingerprint density at radius 1 is 1.04 bits per heavy atom. The number of ether oxygens (including phenoxy) is 1. The second-order valence-electron chi connectivity index (χ2n) is 6.23. The molecule has 0 spiro atoms. The Labute approximate surface area is 148 Å². The number of benzene rings is 1. The lowest BCUT2D eigenvalue weighted by Gasteiger charge is -2.23. The van der Waals surface area contributed by atoms with Gasteiger partial charge < -0.3 is 20.3 Å². The van der Waals surface area contributed by atoms with Crippen LogP contribution >= 0.6 is 0 Å². The molecule has 25 heavy (non-hydrogen) atoms. The van der Waals surface area contributed by atoms with Gasteiger partial charge in [0.05, 0.1) is 13.5 Å². The van der Waals surface area contributed by atoms with E-state index < -0.39 is 0 Å². The zero-order valence-electron chi connectivity index (χ0n) is 15.4. The van der Waals surface area contributed by atoms with Gasteiger partial charge in [-0.05, 0) is 17.7 Å². The molecule has 7 heteroatoms. The SMILES string of the molecule is COC(=O)Cc1c(N(C)C)n[13c](Cc2ccc(N)cc2)nc1N(C)C. The van der Waals surface area contributed by atoms with E-state index in [1.807, 2.05) is 62.3 Å². The van der Waals surface area contributed by atoms with E-state index in [-0.39, 0.29) is 12.4 Å². The molecule has 0 saturated carbocycles. The van der Waals surface area contributed by atoms with Gasteiger partial charge >= 0.3 is 5.97 Å². The molecule has 2 N–H and O–H groups in total. The Morgan fingerprint density at radius 3 is 2.00 bits per heavy atom. The van der Waals surface area contributed by atoms with E-state index in [4.69, 9.17) is 10.5 Å². The van der Waals surface area contributed by atoms with E-state index in [1.54, 1.807) is 0 Å². The molecule has 1 heterocycles. The predicted octanol–water partition coefficient (Wildman–Crippen LogP) is 1.50. The number of carbonyl (C=O) groups is 1. The van der Waals surface area contributed by atoms with Crippen molar-refractivity contribution in [2.75, 3.05) is 50.8 Å². The van der Waals surface area contributed by atoms with Crippen LogP contribution in [0.4, 0.5) is 17.3 Å². The summed E-state index contributed by atoms with van der Waals surface area (Å²) in [7, 11) is 8.97. The summed E-state index contributed by atoms with van der Waals surface area (Å²) in [5.74, 6) is 1.80. The van der Waals surface area contributed by atoms with Crippen molar-refractivity contribution in [1.29, 1.82) is 0 Å². The molecule has 2 aromatic rings. The van der Waals surface area contributed by atoms with Crippen molar-refractivity contribution < 1.29 is 9.53 Å². The van der Waals surface area contributed by atoms with Gasteiger partial charge in [0.1, 0.15) is 17.5 Å². The molecule has 7 nitrogen and oxygen atoms in total. The van der Waals surface area contributed by atoms with E-state index in [0.29, 0.717) is 12.2 Å². The van der Waals surface area contributed by atoms with E-state index in [1.165, 1.54) is 7.11 Å². The van der Waals surface area contributed by atoms with Crippen molar-refractivity contribution in [2.45, 2.75) is 12.8 Å². The van der Waals surface area contributed by atoms with Crippen LogP contribution in [0.3, 0.4) is 0 Å². The second kappa shape index (κ2) is 7.83. The average molecular weight is 344 g/mol. The lowest BCUT2D eigenvalue weighted by molar-refractivity contribution is -0.139. The average Bonchev–Trinajstić information content (AvgIpc) is 2.57. The van der Waals surface area contributed by atoms with Crippen molar-refractivity contribution in [3.8, 4) is 0 Å². The summed E-state index contributed by atoms with van der Waals surface area (Å²) in [4.78, 5) is 24.9. The van der Waals surface area contributed by atoms with Crippen LogP contribution in [-0.2, 0) is 22.4 Å². The summed E-state index contributed by atoms with van der Waals surface area (Å²) in [6.45, 7) is 0. The first kappa shape index (κ1) is 18.5. The molecule has 0 bridgehead atoms. The Hall–Kier alpha value is -2.83. The van der Waals surface area contributed by atoms with Gasteiger partial charge in [0.25, 0.3) is 0 Å². The number of methoxy groups -OCH3 is 1. The number of hydrogen-bond acceptors (Lipinski definition) is 7. The lowest BCUT2D eigenvalue weighted by Crippen LogP contribution is -2.23. The number of aromatic nitrogens is 2. The quantitative estimate of drug-likeness (QED) is 0.628. The van der Waals surface area contributed by atoms with Gasteiger partial charge in [0.2, 0.25) is 0 Å². The van der Waals surface area contributed by atoms with Gasteiger partial charge in [0, 0.05) is 45.9 Å². The second-order valence-corrected chi connectivity index (χ2v) is 6.23. The molecule has 1 aromatic carbocycles. The summed E-state index contributed by atoms with van der Waals surface area (Å²) in [6, 6.07) is 7.65. The minimum atomic E-state index is -0.318. The molecule has 0 aliphatic carbocycles. The van der Waals surface area contributed by atoms with Crippen molar-refractivity contribution in [2.24, 2.45) is 0 Å². The van der Waals surface area contributed by atoms with Gasteiger partial charge in [-0.1, -0.05) is 12.1 Å². The highest BCUT2D eigenvalue weighted by Gasteiger charge is 2.20. The van der Waals surface area contributed by atoms with Crippen LogP contribution in [0.5, 0.6) is 0 Å². The summed E-state index contributed by atoms with van der Waals surface area (Å²) >= 11 is 0. The number of hydrogen-bond donors (Lipinski definition) is 1. The fraction of sp³-hybridized carbons (Fsp3) is 0.389. The molecule has 134 valence electrons. The third-order valence-electron chi connectivity index (χ3n) is 3.75. The van der Waals surface area contributed by atoms with Crippen LogP contribution in [0.25, 0.3) is 0 Å². The van der Waals surface area contributed by atoms with Crippen molar-refractivity contribution in [1.82, 2.24) is 9.97 Å². The van der Waals surface area contributed by atoms with Crippen LogP contribution in [-0.4, -0.2) is 51.2 Å². The van der Waals surface area contributed by atoms with Crippen LogP contribution < -0.4 is 15.5 Å². The smallest absolute Gasteiger partial charge is 0.310 e. The lowest BCUT2D eigenvalue weighted by atomic mass is 10.1. The third-order valence-corrected chi connectivity index (χ3v) is 3.75. The topological polar surface area (TPSA) is 84.6 Å². The van der Waals surface area contributed by atoms with Crippen molar-refractivity contribution in [3.63, 3.8) is 0 Å². The molecule has 2 rings (SSSR count). The van der Waals surface area contributed by atoms with Gasteiger partial charge in [-0.25, -0.2) is 9.97 Å². The first-order valence-corrected chi connectivity index (χ1v) is 7.97. The minimum absolute atomic E-state index is 0.125. The standard InChI is InChI=1S/C18H25N5O2/c1-22(2)17-14(11-16(24)25-5)18(23(3)4)21-15(20-17)10-12-6-8-13(19)9-7-12/h6-9H,10-11,19H2,1-5H3/i15+1. The highest BCUT2D eigenvalue weighted by Crippen LogP contribution is 2.27. The summed E-state index contributed by atoms with van der Waals surface area (Å²) in [5.41, 5.74) is 8.29. The molecule has 0 saturated heterocycles. The fourth-order valence-electron chi connectivity index (χ4n) is 2.52. The molecule has 0 aliphatic heterocycles.